The number of rotatable bonds is 0. The number of H-pyrrole nitrogens is 1. The van der Waals surface area contributed by atoms with Gasteiger partial charge in [0, 0.05) is 21.5 Å². The third-order valence-electron chi connectivity index (χ3n) is 3.30. The molecular weight excluding hydrogens is 222 g/mol. The van der Waals surface area contributed by atoms with Crippen molar-refractivity contribution < 1.29 is 0 Å². The molecule has 0 aliphatic heterocycles. The van der Waals surface area contributed by atoms with Gasteiger partial charge in [0.2, 0.25) is 0 Å². The molecule has 0 atom stereocenters. The van der Waals surface area contributed by atoms with Crippen molar-refractivity contribution in [3.8, 4) is 0 Å². The molecule has 0 bridgehead atoms. The Hall–Kier alpha value is -1.28. The zero-order valence-electron chi connectivity index (χ0n) is 8.85. The van der Waals surface area contributed by atoms with Crippen LogP contribution in [0.4, 0.5) is 0 Å². The van der Waals surface area contributed by atoms with Crippen LogP contribution in [0.1, 0.15) is 24.0 Å². The standard InChI is InChI=1S/C13H12ClNO/c14-8-5-6-12-11(7-8)9-3-1-2-4-10(9)13(16)15-12/h5-7H,1-4H2,(H,15,16). The van der Waals surface area contributed by atoms with Crippen molar-refractivity contribution >= 4 is 22.5 Å². The fourth-order valence-corrected chi connectivity index (χ4v) is 2.70. The van der Waals surface area contributed by atoms with Crippen molar-refractivity contribution in [1.29, 1.82) is 0 Å². The van der Waals surface area contributed by atoms with Crippen LogP contribution in [-0.2, 0) is 12.8 Å². The normalized spacial score (nSPS) is 15.1. The number of fused-ring (bicyclic) bond motifs is 3. The van der Waals surface area contributed by atoms with Crippen LogP contribution in [0.25, 0.3) is 10.9 Å². The number of hydrogen-bond acceptors (Lipinski definition) is 1. The average molecular weight is 234 g/mol. The molecule has 1 aromatic heterocycles. The molecule has 1 aromatic carbocycles. The first kappa shape index (κ1) is 9.91. The minimum Gasteiger partial charge on any atom is -0.322 e. The number of benzene rings is 1. The third-order valence-corrected chi connectivity index (χ3v) is 3.53. The van der Waals surface area contributed by atoms with Gasteiger partial charge in [-0.1, -0.05) is 11.6 Å². The van der Waals surface area contributed by atoms with Crippen LogP contribution in [0, 0.1) is 0 Å². The first-order valence-electron chi connectivity index (χ1n) is 5.59. The van der Waals surface area contributed by atoms with Crippen LogP contribution in [0.5, 0.6) is 0 Å². The van der Waals surface area contributed by atoms with Crippen molar-refractivity contribution in [2.45, 2.75) is 25.7 Å². The van der Waals surface area contributed by atoms with Gasteiger partial charge in [0.05, 0.1) is 0 Å². The van der Waals surface area contributed by atoms with Crippen molar-refractivity contribution in [2.75, 3.05) is 0 Å². The number of aryl methyl sites for hydroxylation is 1. The first-order chi connectivity index (χ1) is 7.75. The molecule has 2 aromatic rings. The Labute approximate surface area is 98.3 Å². The Bertz CT molecular complexity index is 615. The van der Waals surface area contributed by atoms with Gasteiger partial charge in [-0.2, -0.15) is 0 Å². The molecule has 2 nitrogen and oxygen atoms in total. The average Bonchev–Trinajstić information content (AvgIpc) is 2.31. The van der Waals surface area contributed by atoms with Gasteiger partial charge in [0.1, 0.15) is 0 Å². The zero-order valence-corrected chi connectivity index (χ0v) is 9.60. The Morgan fingerprint density at radius 1 is 1.12 bits per heavy atom. The smallest absolute Gasteiger partial charge is 0.251 e. The molecule has 0 spiro atoms. The van der Waals surface area contributed by atoms with Gasteiger partial charge < -0.3 is 4.98 Å². The molecule has 82 valence electrons. The van der Waals surface area contributed by atoms with E-state index in [0.29, 0.717) is 0 Å². The largest absolute Gasteiger partial charge is 0.322 e. The maximum Gasteiger partial charge on any atom is 0.251 e. The number of pyridine rings is 1. The molecule has 0 fully saturated rings. The molecular formula is C13H12ClNO. The van der Waals surface area contributed by atoms with E-state index >= 15 is 0 Å². The van der Waals surface area contributed by atoms with E-state index in [1.807, 2.05) is 18.2 Å². The molecule has 1 N–H and O–H groups in total. The summed E-state index contributed by atoms with van der Waals surface area (Å²) in [4.78, 5) is 14.8. The van der Waals surface area contributed by atoms with Crippen molar-refractivity contribution in [3.05, 3.63) is 44.7 Å². The van der Waals surface area contributed by atoms with E-state index in [9.17, 15) is 4.79 Å². The summed E-state index contributed by atoms with van der Waals surface area (Å²) < 4.78 is 0. The van der Waals surface area contributed by atoms with Gasteiger partial charge >= 0.3 is 0 Å². The summed E-state index contributed by atoms with van der Waals surface area (Å²) in [5.74, 6) is 0. The van der Waals surface area contributed by atoms with Crippen LogP contribution < -0.4 is 5.56 Å². The summed E-state index contributed by atoms with van der Waals surface area (Å²) in [6, 6.07) is 5.65. The van der Waals surface area contributed by atoms with E-state index in [1.165, 1.54) is 5.56 Å². The topological polar surface area (TPSA) is 32.9 Å². The molecule has 3 heteroatoms. The summed E-state index contributed by atoms with van der Waals surface area (Å²) in [7, 11) is 0. The first-order valence-corrected chi connectivity index (χ1v) is 5.97. The molecule has 1 aliphatic carbocycles. The monoisotopic (exact) mass is 233 g/mol. The highest BCUT2D eigenvalue weighted by atomic mass is 35.5. The van der Waals surface area contributed by atoms with E-state index in [2.05, 4.69) is 4.98 Å². The quantitative estimate of drug-likeness (QED) is 0.745. The van der Waals surface area contributed by atoms with E-state index in [-0.39, 0.29) is 5.56 Å². The predicted octanol–water partition coefficient (Wildman–Crippen LogP) is 3.06. The lowest BCUT2D eigenvalue weighted by Gasteiger charge is -2.16. The Morgan fingerprint density at radius 2 is 1.88 bits per heavy atom. The maximum absolute atomic E-state index is 11.9. The van der Waals surface area contributed by atoms with Crippen LogP contribution >= 0.6 is 11.6 Å². The van der Waals surface area contributed by atoms with Crippen LogP contribution in [0.3, 0.4) is 0 Å². The lowest BCUT2D eigenvalue weighted by atomic mass is 9.90. The van der Waals surface area contributed by atoms with Gasteiger partial charge in [-0.15, -0.1) is 0 Å². The van der Waals surface area contributed by atoms with E-state index in [4.69, 9.17) is 11.6 Å². The highest BCUT2D eigenvalue weighted by Crippen LogP contribution is 2.27. The molecule has 3 rings (SSSR count). The number of nitrogens with one attached hydrogen (secondary N) is 1. The summed E-state index contributed by atoms with van der Waals surface area (Å²) in [6.45, 7) is 0. The van der Waals surface area contributed by atoms with Gasteiger partial charge in [0.25, 0.3) is 5.56 Å². The second-order valence-electron chi connectivity index (χ2n) is 4.31. The Kier molecular flexibility index (Phi) is 2.25. The zero-order chi connectivity index (χ0) is 11.1. The number of aromatic nitrogens is 1. The molecule has 0 unspecified atom stereocenters. The van der Waals surface area contributed by atoms with E-state index in [1.54, 1.807) is 0 Å². The third kappa shape index (κ3) is 1.45. The molecule has 0 amide bonds. The number of hydrogen-bond donors (Lipinski definition) is 1. The van der Waals surface area contributed by atoms with Gasteiger partial charge in [-0.3, -0.25) is 4.79 Å². The van der Waals surface area contributed by atoms with Gasteiger partial charge in [-0.05, 0) is 49.4 Å². The lowest BCUT2D eigenvalue weighted by Crippen LogP contribution is -2.19. The molecule has 1 aliphatic rings. The Balaban J connectivity index is 2.43. The molecule has 16 heavy (non-hydrogen) atoms. The number of aromatic amines is 1. The minimum absolute atomic E-state index is 0.0736. The highest BCUT2D eigenvalue weighted by molar-refractivity contribution is 6.31. The fourth-order valence-electron chi connectivity index (χ4n) is 2.53. The molecule has 0 saturated carbocycles. The van der Waals surface area contributed by atoms with E-state index < -0.39 is 0 Å². The summed E-state index contributed by atoms with van der Waals surface area (Å²) in [5, 5.41) is 1.84. The van der Waals surface area contributed by atoms with Gasteiger partial charge in [0.15, 0.2) is 0 Å². The van der Waals surface area contributed by atoms with Gasteiger partial charge in [-0.25, -0.2) is 0 Å². The molecule has 0 saturated heterocycles. The summed E-state index contributed by atoms with van der Waals surface area (Å²) in [6.07, 6.45) is 4.17. The molecule has 1 heterocycles. The SMILES string of the molecule is O=c1[nH]c2ccc(Cl)cc2c2c1CCCC2. The maximum atomic E-state index is 11.9. The Morgan fingerprint density at radius 3 is 2.69 bits per heavy atom. The minimum atomic E-state index is 0.0736. The fraction of sp³-hybridized carbons (Fsp3) is 0.308. The highest BCUT2D eigenvalue weighted by Gasteiger charge is 2.16. The number of halogens is 1. The molecule has 0 radical (unpaired) electrons. The van der Waals surface area contributed by atoms with Crippen LogP contribution in [-0.4, -0.2) is 4.98 Å². The van der Waals surface area contributed by atoms with E-state index in [0.717, 1.165) is 47.2 Å². The van der Waals surface area contributed by atoms with Crippen LogP contribution in [0.15, 0.2) is 23.0 Å². The second-order valence-corrected chi connectivity index (χ2v) is 4.74. The van der Waals surface area contributed by atoms with Crippen molar-refractivity contribution in [3.63, 3.8) is 0 Å². The summed E-state index contributed by atoms with van der Waals surface area (Å²) >= 11 is 6.01. The summed E-state index contributed by atoms with van der Waals surface area (Å²) in [5.41, 5.74) is 3.13. The van der Waals surface area contributed by atoms with Crippen LogP contribution in [0.2, 0.25) is 5.02 Å². The lowest BCUT2D eigenvalue weighted by molar-refractivity contribution is 0.682. The second kappa shape index (κ2) is 3.63. The van der Waals surface area contributed by atoms with Crippen molar-refractivity contribution in [2.24, 2.45) is 0 Å². The van der Waals surface area contributed by atoms with Crippen molar-refractivity contribution in [1.82, 2.24) is 4.98 Å². The predicted molar refractivity (Wildman–Crippen MR) is 66.2 cm³/mol.